The average Bonchev–Trinajstić information content (AvgIpc) is 3.00. The number of esters is 1. The van der Waals surface area contributed by atoms with Gasteiger partial charge in [-0.3, -0.25) is 0 Å². The van der Waals surface area contributed by atoms with E-state index < -0.39 is 17.3 Å². The van der Waals surface area contributed by atoms with Crippen molar-refractivity contribution in [3.8, 4) is 0 Å². The lowest BCUT2D eigenvalue weighted by atomic mass is 9.54. The molecule has 0 aromatic carbocycles. The molecule has 6 unspecified atom stereocenters. The van der Waals surface area contributed by atoms with Gasteiger partial charge in [0.1, 0.15) is 17.5 Å². The van der Waals surface area contributed by atoms with Crippen molar-refractivity contribution in [1.82, 2.24) is 0 Å². The van der Waals surface area contributed by atoms with Gasteiger partial charge in [-0.15, -0.1) is 0 Å². The standard InChI is InChI=1S/C20H28O5/c1-11-10-23-14-9-18(3)7-6-16(19(4,22)15(18)8-13(11)14)24-17(21)20(5)12(2)25-20/h10,12,15-16,22H,6-9H2,1-5H3. The zero-order valence-electron chi connectivity index (χ0n) is 15.7. The maximum atomic E-state index is 12.5. The van der Waals surface area contributed by atoms with Crippen molar-refractivity contribution in [3.05, 3.63) is 23.2 Å². The first-order valence-corrected chi connectivity index (χ1v) is 9.25. The van der Waals surface area contributed by atoms with E-state index in [0.29, 0.717) is 6.42 Å². The van der Waals surface area contributed by atoms with Gasteiger partial charge in [-0.05, 0) is 63.5 Å². The number of aryl methyl sites for hydroxylation is 1. The molecule has 0 radical (unpaired) electrons. The number of hydrogen-bond donors (Lipinski definition) is 1. The molecule has 6 atom stereocenters. The monoisotopic (exact) mass is 348 g/mol. The molecular weight excluding hydrogens is 320 g/mol. The second kappa shape index (κ2) is 5.10. The summed E-state index contributed by atoms with van der Waals surface area (Å²) in [6.45, 7) is 9.71. The minimum atomic E-state index is -1.07. The number of epoxide rings is 1. The van der Waals surface area contributed by atoms with E-state index in [4.69, 9.17) is 13.9 Å². The largest absolute Gasteiger partial charge is 0.469 e. The zero-order valence-corrected chi connectivity index (χ0v) is 15.7. The Morgan fingerprint density at radius 3 is 2.68 bits per heavy atom. The molecule has 1 saturated carbocycles. The number of carbonyl (C=O) groups is 1. The van der Waals surface area contributed by atoms with Gasteiger partial charge >= 0.3 is 5.97 Å². The summed E-state index contributed by atoms with van der Waals surface area (Å²) in [5.74, 6) is 0.723. The van der Waals surface area contributed by atoms with E-state index in [1.54, 1.807) is 6.92 Å². The van der Waals surface area contributed by atoms with Crippen LogP contribution in [0, 0.1) is 18.3 Å². The lowest BCUT2D eigenvalue weighted by Crippen LogP contribution is -2.60. The van der Waals surface area contributed by atoms with E-state index in [1.165, 1.54) is 5.56 Å². The Labute approximate surface area is 148 Å². The minimum absolute atomic E-state index is 0.0284. The van der Waals surface area contributed by atoms with Gasteiger partial charge in [0.25, 0.3) is 0 Å². The Bertz CT molecular complexity index is 720. The van der Waals surface area contributed by atoms with Crippen LogP contribution in [0.2, 0.25) is 0 Å². The number of rotatable bonds is 2. The third-order valence-electron chi connectivity index (χ3n) is 7.13. The molecule has 0 amide bonds. The Morgan fingerprint density at radius 2 is 2.04 bits per heavy atom. The molecule has 1 aromatic heterocycles. The topological polar surface area (TPSA) is 72.2 Å². The first kappa shape index (κ1) is 17.1. The maximum Gasteiger partial charge on any atom is 0.341 e. The van der Waals surface area contributed by atoms with Gasteiger partial charge in [-0.2, -0.15) is 0 Å². The third-order valence-corrected chi connectivity index (χ3v) is 7.13. The predicted molar refractivity (Wildman–Crippen MR) is 91.1 cm³/mol. The van der Waals surface area contributed by atoms with Crippen molar-refractivity contribution in [1.29, 1.82) is 0 Å². The molecule has 1 saturated heterocycles. The van der Waals surface area contributed by atoms with Crippen LogP contribution < -0.4 is 0 Å². The van der Waals surface area contributed by atoms with E-state index in [9.17, 15) is 9.90 Å². The summed E-state index contributed by atoms with van der Waals surface area (Å²) < 4.78 is 16.9. The number of fused-ring (bicyclic) bond motifs is 2. The summed E-state index contributed by atoms with van der Waals surface area (Å²) >= 11 is 0. The highest BCUT2D eigenvalue weighted by Gasteiger charge is 2.61. The van der Waals surface area contributed by atoms with Crippen LogP contribution >= 0.6 is 0 Å². The van der Waals surface area contributed by atoms with Gasteiger partial charge in [0, 0.05) is 12.3 Å². The van der Waals surface area contributed by atoms with Crippen molar-refractivity contribution in [2.75, 3.05) is 0 Å². The van der Waals surface area contributed by atoms with Gasteiger partial charge in [0.15, 0.2) is 5.60 Å². The Kier molecular flexibility index (Phi) is 3.49. The summed E-state index contributed by atoms with van der Waals surface area (Å²) in [5, 5.41) is 11.4. The molecule has 2 aliphatic carbocycles. The molecule has 25 heavy (non-hydrogen) atoms. The lowest BCUT2D eigenvalue weighted by molar-refractivity contribution is -0.201. The lowest BCUT2D eigenvalue weighted by Gasteiger charge is -2.54. The smallest absolute Gasteiger partial charge is 0.341 e. The van der Waals surface area contributed by atoms with Gasteiger partial charge in [-0.1, -0.05) is 6.92 Å². The molecule has 0 bridgehead atoms. The molecule has 4 rings (SSSR count). The number of hydrogen-bond acceptors (Lipinski definition) is 5. The molecule has 138 valence electrons. The average molecular weight is 348 g/mol. The van der Waals surface area contributed by atoms with Crippen molar-refractivity contribution in [2.24, 2.45) is 11.3 Å². The Morgan fingerprint density at radius 1 is 1.36 bits per heavy atom. The fraction of sp³-hybridized carbons (Fsp3) is 0.750. The predicted octanol–water partition coefficient (Wildman–Crippen LogP) is 2.94. The summed E-state index contributed by atoms with van der Waals surface area (Å²) in [6.07, 6.45) is 4.34. The molecule has 0 spiro atoms. The molecule has 2 fully saturated rings. The van der Waals surface area contributed by atoms with Gasteiger partial charge in [-0.25, -0.2) is 4.79 Å². The summed E-state index contributed by atoms with van der Waals surface area (Å²) in [6, 6.07) is 0. The van der Waals surface area contributed by atoms with Crippen LogP contribution in [0.15, 0.2) is 10.7 Å². The Hall–Kier alpha value is -1.33. The molecule has 2 heterocycles. The molecule has 5 nitrogen and oxygen atoms in total. The number of ether oxygens (including phenoxy) is 2. The minimum Gasteiger partial charge on any atom is -0.469 e. The highest BCUT2D eigenvalue weighted by Crippen LogP contribution is 2.54. The van der Waals surface area contributed by atoms with Crippen LogP contribution in [0.4, 0.5) is 0 Å². The van der Waals surface area contributed by atoms with Gasteiger partial charge in [0.2, 0.25) is 0 Å². The number of furan rings is 1. The molecular formula is C20H28O5. The Balaban J connectivity index is 1.59. The summed E-state index contributed by atoms with van der Waals surface area (Å²) in [7, 11) is 0. The van der Waals surface area contributed by atoms with Crippen molar-refractivity contribution in [3.63, 3.8) is 0 Å². The second-order valence-corrected chi connectivity index (χ2v) is 8.93. The van der Waals surface area contributed by atoms with Crippen LogP contribution in [0.1, 0.15) is 57.4 Å². The van der Waals surface area contributed by atoms with Crippen LogP contribution in [0.5, 0.6) is 0 Å². The van der Waals surface area contributed by atoms with Crippen LogP contribution in [0.25, 0.3) is 0 Å². The van der Waals surface area contributed by atoms with Crippen LogP contribution in [-0.4, -0.2) is 34.5 Å². The first-order chi connectivity index (χ1) is 11.6. The summed E-state index contributed by atoms with van der Waals surface area (Å²) in [5.41, 5.74) is 0.383. The molecule has 1 aromatic rings. The van der Waals surface area contributed by atoms with Crippen molar-refractivity contribution < 1.29 is 23.8 Å². The number of aliphatic hydroxyl groups is 1. The van der Waals surface area contributed by atoms with E-state index in [1.807, 2.05) is 27.0 Å². The van der Waals surface area contributed by atoms with E-state index in [-0.39, 0.29) is 23.4 Å². The maximum absolute atomic E-state index is 12.5. The van der Waals surface area contributed by atoms with E-state index in [0.717, 1.165) is 30.6 Å². The fourth-order valence-corrected chi connectivity index (χ4v) is 5.01. The van der Waals surface area contributed by atoms with Crippen LogP contribution in [0.3, 0.4) is 0 Å². The normalized spacial score (nSPS) is 45.4. The summed E-state index contributed by atoms with van der Waals surface area (Å²) in [4.78, 5) is 12.5. The van der Waals surface area contributed by atoms with Crippen molar-refractivity contribution >= 4 is 5.97 Å². The van der Waals surface area contributed by atoms with Gasteiger partial charge in [0.05, 0.1) is 12.4 Å². The third kappa shape index (κ3) is 2.39. The molecule has 3 aliphatic rings. The van der Waals surface area contributed by atoms with E-state index in [2.05, 4.69) is 6.92 Å². The molecule has 5 heteroatoms. The fourth-order valence-electron chi connectivity index (χ4n) is 5.01. The second-order valence-electron chi connectivity index (χ2n) is 8.93. The zero-order chi connectivity index (χ0) is 18.2. The highest BCUT2D eigenvalue weighted by molar-refractivity contribution is 5.83. The quantitative estimate of drug-likeness (QED) is 0.657. The van der Waals surface area contributed by atoms with Crippen molar-refractivity contribution in [2.45, 2.75) is 83.7 Å². The highest BCUT2D eigenvalue weighted by atomic mass is 16.7. The van der Waals surface area contributed by atoms with E-state index >= 15 is 0 Å². The number of carbonyl (C=O) groups excluding carboxylic acids is 1. The SMILES string of the molecule is Cc1coc2c1CC1C(C)(CCC(OC(=O)C3(C)OC3C)C1(C)O)C2. The molecule has 1 aliphatic heterocycles. The van der Waals surface area contributed by atoms with Gasteiger partial charge < -0.3 is 19.0 Å². The van der Waals surface area contributed by atoms with Crippen LogP contribution in [-0.2, 0) is 27.1 Å². The molecule has 1 N–H and O–H groups in total. The first-order valence-electron chi connectivity index (χ1n) is 9.25.